The van der Waals surface area contributed by atoms with Crippen LogP contribution < -0.4 is 0 Å². The second kappa shape index (κ2) is 7.66. The van der Waals surface area contributed by atoms with E-state index in [1.807, 2.05) is 24.3 Å². The summed E-state index contributed by atoms with van der Waals surface area (Å²) in [6.45, 7) is -0.0285. The molecule has 0 saturated carbocycles. The average molecular weight is 432 g/mol. The third-order valence-electron chi connectivity index (χ3n) is 5.13. The number of hydrogen-bond donors (Lipinski definition) is 1. The monoisotopic (exact) mass is 432 g/mol. The summed E-state index contributed by atoms with van der Waals surface area (Å²) in [7, 11) is -4.23. The maximum Gasteiger partial charge on any atom is 0.257 e. The van der Waals surface area contributed by atoms with Crippen molar-refractivity contribution in [2.75, 3.05) is 26.2 Å². The Morgan fingerprint density at radius 2 is 1.53 bits per heavy atom. The molecule has 6 nitrogen and oxygen atoms in total. The number of rotatable bonds is 3. The van der Waals surface area contributed by atoms with E-state index in [4.69, 9.17) is 0 Å². The first kappa shape index (κ1) is 20.2. The van der Waals surface area contributed by atoms with Crippen LogP contribution in [0.25, 0.3) is 10.8 Å². The summed E-state index contributed by atoms with van der Waals surface area (Å²) in [5.74, 6) is -2.46. The van der Waals surface area contributed by atoms with Crippen molar-refractivity contribution in [3.8, 4) is 5.75 Å². The number of benzene rings is 3. The van der Waals surface area contributed by atoms with Crippen LogP contribution in [0.4, 0.5) is 8.78 Å². The number of halogens is 2. The number of fused-ring (bicyclic) bond motifs is 1. The lowest BCUT2D eigenvalue weighted by Gasteiger charge is -2.34. The van der Waals surface area contributed by atoms with E-state index in [-0.39, 0.29) is 37.5 Å². The molecular formula is C21H18F2N2O4S. The van der Waals surface area contributed by atoms with Crippen LogP contribution in [0.3, 0.4) is 0 Å². The Kier molecular flexibility index (Phi) is 5.17. The highest BCUT2D eigenvalue weighted by atomic mass is 32.2. The minimum atomic E-state index is -4.23. The fourth-order valence-corrected chi connectivity index (χ4v) is 5.01. The van der Waals surface area contributed by atoms with Gasteiger partial charge in [0.1, 0.15) is 22.3 Å². The fraction of sp³-hybridized carbons (Fsp3) is 0.190. The number of amides is 1. The zero-order valence-corrected chi connectivity index (χ0v) is 16.6. The molecule has 30 heavy (non-hydrogen) atoms. The van der Waals surface area contributed by atoms with Gasteiger partial charge in [0.25, 0.3) is 5.91 Å². The van der Waals surface area contributed by atoms with E-state index in [1.54, 1.807) is 6.07 Å². The van der Waals surface area contributed by atoms with Gasteiger partial charge in [-0.1, -0.05) is 24.3 Å². The second-order valence-electron chi connectivity index (χ2n) is 6.99. The number of hydrogen-bond acceptors (Lipinski definition) is 4. The smallest absolute Gasteiger partial charge is 0.257 e. The summed E-state index contributed by atoms with van der Waals surface area (Å²) in [4.78, 5) is 13.6. The van der Waals surface area contributed by atoms with Gasteiger partial charge in [0, 0.05) is 26.2 Å². The van der Waals surface area contributed by atoms with Gasteiger partial charge < -0.3 is 10.0 Å². The number of nitrogens with zero attached hydrogens (tertiary/aromatic N) is 2. The molecular weight excluding hydrogens is 414 g/mol. The normalized spacial score (nSPS) is 15.5. The third kappa shape index (κ3) is 3.61. The Bertz CT molecular complexity index is 1240. The quantitative estimate of drug-likeness (QED) is 0.690. The number of sulfonamides is 1. The number of carbonyl (C=O) groups excluding carboxylic acids is 1. The number of phenols is 1. The van der Waals surface area contributed by atoms with Crippen LogP contribution in [-0.2, 0) is 10.0 Å². The molecule has 0 aliphatic carbocycles. The highest BCUT2D eigenvalue weighted by molar-refractivity contribution is 7.89. The van der Waals surface area contributed by atoms with Gasteiger partial charge in [0.15, 0.2) is 0 Å². The molecule has 156 valence electrons. The van der Waals surface area contributed by atoms with Crippen molar-refractivity contribution in [1.82, 2.24) is 9.21 Å². The van der Waals surface area contributed by atoms with Crippen LogP contribution in [0.2, 0.25) is 0 Å². The number of carbonyl (C=O) groups is 1. The van der Waals surface area contributed by atoms with Crippen molar-refractivity contribution in [1.29, 1.82) is 0 Å². The maximum absolute atomic E-state index is 14.0. The molecule has 0 aromatic heterocycles. The molecule has 1 aliphatic heterocycles. The third-order valence-corrected chi connectivity index (χ3v) is 7.05. The van der Waals surface area contributed by atoms with Gasteiger partial charge >= 0.3 is 0 Å². The van der Waals surface area contributed by atoms with Gasteiger partial charge in [-0.25, -0.2) is 17.2 Å². The van der Waals surface area contributed by atoms with Crippen molar-refractivity contribution in [2.24, 2.45) is 0 Å². The lowest BCUT2D eigenvalue weighted by Crippen LogP contribution is -2.50. The average Bonchev–Trinajstić information content (AvgIpc) is 2.74. The summed E-state index contributed by atoms with van der Waals surface area (Å²) in [6.07, 6.45) is 0. The molecule has 3 aromatic carbocycles. The van der Waals surface area contributed by atoms with Crippen molar-refractivity contribution in [3.05, 3.63) is 71.8 Å². The van der Waals surface area contributed by atoms with Crippen molar-refractivity contribution >= 4 is 26.7 Å². The van der Waals surface area contributed by atoms with Crippen LogP contribution in [0.1, 0.15) is 10.4 Å². The molecule has 1 amide bonds. The molecule has 0 bridgehead atoms. The Balaban J connectivity index is 1.53. The molecule has 0 unspecified atom stereocenters. The van der Waals surface area contributed by atoms with Crippen molar-refractivity contribution in [3.63, 3.8) is 0 Å². The van der Waals surface area contributed by atoms with Crippen LogP contribution >= 0.6 is 0 Å². The van der Waals surface area contributed by atoms with Crippen LogP contribution in [-0.4, -0.2) is 54.8 Å². The fourth-order valence-electron chi connectivity index (χ4n) is 3.52. The highest BCUT2D eigenvalue weighted by Crippen LogP contribution is 2.27. The second-order valence-corrected chi connectivity index (χ2v) is 8.89. The molecule has 1 aliphatic rings. The van der Waals surface area contributed by atoms with Gasteiger partial charge in [-0.05, 0) is 41.1 Å². The zero-order valence-electron chi connectivity index (χ0n) is 15.8. The summed E-state index contributed by atoms with van der Waals surface area (Å²) in [5, 5.41) is 11.8. The van der Waals surface area contributed by atoms with E-state index < -0.39 is 32.5 Å². The molecule has 0 radical (unpaired) electrons. The van der Waals surface area contributed by atoms with E-state index in [2.05, 4.69) is 0 Å². The molecule has 1 saturated heterocycles. The molecule has 1 fully saturated rings. The first-order chi connectivity index (χ1) is 14.3. The summed E-state index contributed by atoms with van der Waals surface area (Å²) >= 11 is 0. The SMILES string of the molecule is O=C(c1cc2ccccc2cc1O)N1CCN(S(=O)(=O)c2cc(F)ccc2F)CC1. The van der Waals surface area contributed by atoms with Gasteiger partial charge in [-0.15, -0.1) is 0 Å². The van der Waals surface area contributed by atoms with Gasteiger partial charge in [-0.2, -0.15) is 4.31 Å². The number of phenolic OH excluding ortho intramolecular Hbond substituents is 1. The van der Waals surface area contributed by atoms with E-state index in [1.165, 1.54) is 11.0 Å². The lowest BCUT2D eigenvalue weighted by atomic mass is 10.0. The molecule has 0 spiro atoms. The van der Waals surface area contributed by atoms with Crippen molar-refractivity contribution < 1.29 is 27.1 Å². The Labute approximate surface area is 172 Å². The summed E-state index contributed by atoms with van der Waals surface area (Å²) in [5.41, 5.74) is 0.126. The molecule has 1 heterocycles. The van der Waals surface area contributed by atoms with Gasteiger partial charge in [-0.3, -0.25) is 4.79 Å². The first-order valence-electron chi connectivity index (χ1n) is 9.23. The van der Waals surface area contributed by atoms with E-state index in [0.29, 0.717) is 6.07 Å². The molecule has 3 aromatic rings. The largest absolute Gasteiger partial charge is 0.507 e. The lowest BCUT2D eigenvalue weighted by molar-refractivity contribution is 0.0695. The Morgan fingerprint density at radius 3 is 2.20 bits per heavy atom. The van der Waals surface area contributed by atoms with Crippen LogP contribution in [0.15, 0.2) is 59.5 Å². The summed E-state index contributed by atoms with van der Waals surface area (Å²) < 4.78 is 53.8. The standard InChI is InChI=1S/C21H18F2N2O4S/c22-16-5-6-18(23)20(13-16)30(28,29)25-9-7-24(8-10-25)21(27)17-11-14-3-1-2-4-15(14)12-19(17)26/h1-6,11-13,26H,7-10H2. The van der Waals surface area contributed by atoms with Crippen LogP contribution in [0, 0.1) is 11.6 Å². The molecule has 4 rings (SSSR count). The Hall–Kier alpha value is -3.04. The van der Waals surface area contributed by atoms with Gasteiger partial charge in [0.2, 0.25) is 10.0 Å². The number of piperazine rings is 1. The van der Waals surface area contributed by atoms with E-state index in [0.717, 1.165) is 27.2 Å². The minimum absolute atomic E-state index is 0.0568. The zero-order chi connectivity index (χ0) is 21.5. The van der Waals surface area contributed by atoms with E-state index in [9.17, 15) is 27.1 Å². The van der Waals surface area contributed by atoms with E-state index >= 15 is 0 Å². The highest BCUT2D eigenvalue weighted by Gasteiger charge is 2.33. The molecule has 0 atom stereocenters. The number of aromatic hydroxyl groups is 1. The summed E-state index contributed by atoms with van der Waals surface area (Å²) in [6, 6.07) is 12.7. The van der Waals surface area contributed by atoms with Gasteiger partial charge in [0.05, 0.1) is 5.56 Å². The predicted molar refractivity (Wildman–Crippen MR) is 107 cm³/mol. The molecule has 9 heteroatoms. The topological polar surface area (TPSA) is 77.9 Å². The Morgan fingerprint density at radius 1 is 0.900 bits per heavy atom. The maximum atomic E-state index is 14.0. The predicted octanol–water partition coefficient (Wildman–Crippen LogP) is 2.97. The minimum Gasteiger partial charge on any atom is -0.507 e. The first-order valence-corrected chi connectivity index (χ1v) is 10.7. The van der Waals surface area contributed by atoms with Crippen molar-refractivity contribution in [2.45, 2.75) is 4.90 Å². The molecule has 1 N–H and O–H groups in total. The van der Waals surface area contributed by atoms with Crippen LogP contribution in [0.5, 0.6) is 5.75 Å².